The van der Waals surface area contributed by atoms with Crippen LogP contribution in [0, 0.1) is 0 Å². The number of hydrogen-bond acceptors (Lipinski definition) is 5. The van der Waals surface area contributed by atoms with Crippen LogP contribution in [0.3, 0.4) is 0 Å². The fourth-order valence-electron chi connectivity index (χ4n) is 1.50. The van der Waals surface area contributed by atoms with Gasteiger partial charge in [0.05, 0.1) is 6.04 Å². The molecule has 5 heteroatoms. The van der Waals surface area contributed by atoms with Gasteiger partial charge in [-0.15, -0.1) is 5.10 Å². The first-order valence-electron chi connectivity index (χ1n) is 5.91. The van der Waals surface area contributed by atoms with E-state index in [0.29, 0.717) is 17.9 Å². The first-order chi connectivity index (χ1) is 7.63. The first-order valence-corrected chi connectivity index (χ1v) is 5.91. The van der Waals surface area contributed by atoms with Crippen LogP contribution in [-0.4, -0.2) is 29.8 Å². The number of nitrogens with zero attached hydrogens (tertiary/aromatic N) is 3. The molecular weight excluding hydrogens is 204 g/mol. The summed E-state index contributed by atoms with van der Waals surface area (Å²) in [4.78, 5) is 2.12. The van der Waals surface area contributed by atoms with Crippen molar-refractivity contribution in [3.63, 3.8) is 0 Å². The molecule has 0 radical (unpaired) electrons. The highest BCUT2D eigenvalue weighted by Gasteiger charge is 2.19. The molecule has 1 heterocycles. The predicted molar refractivity (Wildman–Crippen MR) is 64.5 cm³/mol. The maximum absolute atomic E-state index is 5.65. The average Bonchev–Trinajstić information content (AvgIpc) is 2.78. The van der Waals surface area contributed by atoms with Gasteiger partial charge in [-0.05, 0) is 34.2 Å². The van der Waals surface area contributed by atoms with E-state index in [1.165, 1.54) is 0 Å². The Hall–Kier alpha value is -1.10. The molecule has 0 bridgehead atoms. The summed E-state index contributed by atoms with van der Waals surface area (Å²) in [6.45, 7) is 9.29. The summed E-state index contributed by atoms with van der Waals surface area (Å²) in [7, 11) is 1.88. The summed E-state index contributed by atoms with van der Waals surface area (Å²) in [5.74, 6) is 0.638. The van der Waals surface area contributed by atoms with E-state index in [9.17, 15) is 0 Å². The van der Waals surface area contributed by atoms with Crippen molar-refractivity contribution in [2.75, 3.05) is 18.5 Å². The minimum atomic E-state index is 0.0943. The quantitative estimate of drug-likeness (QED) is 0.803. The third kappa shape index (κ3) is 2.72. The predicted octanol–water partition coefficient (Wildman–Crippen LogP) is 1.97. The minimum Gasteiger partial charge on any atom is -0.406 e. The topological polar surface area (TPSA) is 54.2 Å². The zero-order chi connectivity index (χ0) is 12.1. The van der Waals surface area contributed by atoms with Gasteiger partial charge in [0.25, 0.3) is 0 Å². The molecule has 1 aromatic heterocycles. The van der Waals surface area contributed by atoms with Gasteiger partial charge in [0.2, 0.25) is 5.89 Å². The normalized spacial score (nSPS) is 14.8. The van der Waals surface area contributed by atoms with Crippen LogP contribution < -0.4 is 10.2 Å². The fourth-order valence-corrected chi connectivity index (χ4v) is 1.50. The number of anilines is 1. The summed E-state index contributed by atoms with van der Waals surface area (Å²) in [5.41, 5.74) is 0. The molecule has 2 unspecified atom stereocenters. The molecule has 5 nitrogen and oxygen atoms in total. The van der Waals surface area contributed by atoms with Crippen LogP contribution in [0.15, 0.2) is 4.42 Å². The van der Waals surface area contributed by atoms with E-state index < -0.39 is 0 Å². The maximum Gasteiger partial charge on any atom is 0.318 e. The van der Waals surface area contributed by atoms with E-state index in [-0.39, 0.29) is 6.04 Å². The summed E-state index contributed by atoms with van der Waals surface area (Å²) in [6, 6.07) is 1.13. The van der Waals surface area contributed by atoms with Gasteiger partial charge in [0.15, 0.2) is 0 Å². The van der Waals surface area contributed by atoms with Crippen LogP contribution in [0.2, 0.25) is 0 Å². The lowest BCUT2D eigenvalue weighted by Gasteiger charge is -2.24. The van der Waals surface area contributed by atoms with Gasteiger partial charge in [-0.3, -0.25) is 0 Å². The van der Waals surface area contributed by atoms with E-state index in [0.717, 1.165) is 13.0 Å². The smallest absolute Gasteiger partial charge is 0.318 e. The molecule has 92 valence electrons. The van der Waals surface area contributed by atoms with Crippen molar-refractivity contribution < 1.29 is 4.42 Å². The lowest BCUT2D eigenvalue weighted by Crippen LogP contribution is -2.32. The molecule has 0 aliphatic carbocycles. The lowest BCUT2D eigenvalue weighted by molar-refractivity contribution is 0.421. The Morgan fingerprint density at radius 1 is 1.31 bits per heavy atom. The van der Waals surface area contributed by atoms with Gasteiger partial charge in [-0.25, -0.2) is 0 Å². The van der Waals surface area contributed by atoms with E-state index in [4.69, 9.17) is 4.42 Å². The molecule has 1 aromatic rings. The lowest BCUT2D eigenvalue weighted by atomic mass is 10.2. The van der Waals surface area contributed by atoms with Crippen molar-refractivity contribution in [2.45, 2.75) is 46.2 Å². The third-order valence-corrected chi connectivity index (χ3v) is 2.94. The Morgan fingerprint density at radius 3 is 2.50 bits per heavy atom. The summed E-state index contributed by atoms with van der Waals surface area (Å²) in [6.07, 6.45) is 1.06. The van der Waals surface area contributed by atoms with E-state index in [1.54, 1.807) is 0 Å². The third-order valence-electron chi connectivity index (χ3n) is 2.94. The molecule has 0 saturated carbocycles. The summed E-state index contributed by atoms with van der Waals surface area (Å²) >= 11 is 0. The van der Waals surface area contributed by atoms with Gasteiger partial charge < -0.3 is 14.6 Å². The Morgan fingerprint density at radius 2 is 2.00 bits per heavy atom. The molecule has 0 fully saturated rings. The Kier molecular flexibility index (Phi) is 4.73. The largest absolute Gasteiger partial charge is 0.406 e. The van der Waals surface area contributed by atoms with Gasteiger partial charge in [0, 0.05) is 12.6 Å². The monoisotopic (exact) mass is 226 g/mol. The molecule has 16 heavy (non-hydrogen) atoms. The number of hydrogen-bond donors (Lipinski definition) is 1. The second kappa shape index (κ2) is 5.84. The molecule has 2 atom stereocenters. The Labute approximate surface area is 97.2 Å². The standard InChI is InChI=1S/C11H22N4O/c1-6-8(3)15(7-2)11-14-13-10(16-11)9(4)12-5/h8-9,12H,6-7H2,1-5H3. The molecule has 0 aromatic carbocycles. The van der Waals surface area contributed by atoms with Gasteiger partial charge in [-0.2, -0.15) is 0 Å². The van der Waals surface area contributed by atoms with Gasteiger partial charge >= 0.3 is 6.01 Å². The number of aromatic nitrogens is 2. The molecule has 0 spiro atoms. The minimum absolute atomic E-state index is 0.0943. The van der Waals surface area contributed by atoms with Crippen molar-refractivity contribution in [1.82, 2.24) is 15.5 Å². The van der Waals surface area contributed by atoms with Gasteiger partial charge in [-0.1, -0.05) is 12.0 Å². The fraction of sp³-hybridized carbons (Fsp3) is 0.818. The SMILES string of the molecule is CCC(C)N(CC)c1nnc(C(C)NC)o1. The van der Waals surface area contributed by atoms with Crippen LogP contribution in [0.1, 0.15) is 46.0 Å². The van der Waals surface area contributed by atoms with Crippen LogP contribution in [0.5, 0.6) is 0 Å². The van der Waals surface area contributed by atoms with Crippen LogP contribution >= 0.6 is 0 Å². The highest BCUT2D eigenvalue weighted by molar-refractivity contribution is 5.25. The second-order valence-electron chi connectivity index (χ2n) is 3.98. The highest BCUT2D eigenvalue weighted by atomic mass is 16.4. The van der Waals surface area contributed by atoms with Crippen molar-refractivity contribution in [1.29, 1.82) is 0 Å². The molecule has 0 amide bonds. The van der Waals surface area contributed by atoms with E-state index in [2.05, 4.69) is 41.2 Å². The maximum atomic E-state index is 5.65. The van der Waals surface area contributed by atoms with Crippen molar-refractivity contribution in [3.8, 4) is 0 Å². The summed E-state index contributed by atoms with van der Waals surface area (Å²) < 4.78 is 5.65. The molecule has 1 rings (SSSR count). The van der Waals surface area contributed by atoms with E-state index >= 15 is 0 Å². The molecule has 1 N–H and O–H groups in total. The van der Waals surface area contributed by atoms with Crippen LogP contribution in [0.25, 0.3) is 0 Å². The Balaban J connectivity index is 2.82. The molecule has 0 saturated heterocycles. The van der Waals surface area contributed by atoms with Crippen molar-refractivity contribution >= 4 is 6.01 Å². The van der Waals surface area contributed by atoms with Crippen LogP contribution in [-0.2, 0) is 0 Å². The number of rotatable bonds is 6. The number of nitrogens with one attached hydrogen (secondary N) is 1. The second-order valence-corrected chi connectivity index (χ2v) is 3.98. The van der Waals surface area contributed by atoms with Crippen LogP contribution in [0.4, 0.5) is 6.01 Å². The summed E-state index contributed by atoms with van der Waals surface area (Å²) in [5, 5.41) is 11.2. The van der Waals surface area contributed by atoms with E-state index in [1.807, 2.05) is 14.0 Å². The molecule has 0 aliphatic rings. The highest BCUT2D eigenvalue weighted by Crippen LogP contribution is 2.19. The van der Waals surface area contributed by atoms with Crippen molar-refractivity contribution in [3.05, 3.63) is 5.89 Å². The van der Waals surface area contributed by atoms with Gasteiger partial charge in [0.1, 0.15) is 0 Å². The average molecular weight is 226 g/mol. The molecule has 0 aliphatic heterocycles. The Bertz CT molecular complexity index is 313. The molecular formula is C11H22N4O. The van der Waals surface area contributed by atoms with Crippen molar-refractivity contribution in [2.24, 2.45) is 0 Å². The first kappa shape index (κ1) is 13.0. The zero-order valence-corrected chi connectivity index (χ0v) is 10.8. The zero-order valence-electron chi connectivity index (χ0n) is 10.8.